The standard InChI is InChI=1S/C16H32O5Si3/c1-10-22(6,7)20-24(18-5,21-23(8,9)11-2)14-12-13-19-16(17)15(3)4/h10-11H,1-3,12-14H2,4-9H3. The molecule has 0 saturated carbocycles. The third-order valence-corrected chi connectivity index (χ3v) is 13.6. The van der Waals surface area contributed by atoms with Crippen LogP contribution in [0.3, 0.4) is 0 Å². The van der Waals surface area contributed by atoms with Crippen LogP contribution < -0.4 is 0 Å². The van der Waals surface area contributed by atoms with Gasteiger partial charge in [-0.2, -0.15) is 0 Å². The lowest BCUT2D eigenvalue weighted by Crippen LogP contribution is -2.57. The molecule has 0 saturated heterocycles. The number of esters is 1. The van der Waals surface area contributed by atoms with Crippen LogP contribution in [0.15, 0.2) is 36.7 Å². The fraction of sp³-hybridized carbons (Fsp3) is 0.562. The lowest BCUT2D eigenvalue weighted by Gasteiger charge is -2.38. The first-order valence-electron chi connectivity index (χ1n) is 7.98. The van der Waals surface area contributed by atoms with Crippen LogP contribution >= 0.6 is 0 Å². The molecule has 0 aliphatic rings. The third-order valence-electron chi connectivity index (χ3n) is 3.34. The molecule has 0 aromatic heterocycles. The van der Waals surface area contributed by atoms with Crippen molar-refractivity contribution in [1.82, 2.24) is 0 Å². The summed E-state index contributed by atoms with van der Waals surface area (Å²) in [5.74, 6) is -0.386. The van der Waals surface area contributed by atoms with Crippen LogP contribution in [0.4, 0.5) is 0 Å². The second-order valence-electron chi connectivity index (χ2n) is 6.73. The highest BCUT2D eigenvalue weighted by atomic mass is 28.5. The fourth-order valence-corrected chi connectivity index (χ4v) is 11.7. The van der Waals surface area contributed by atoms with Crippen molar-refractivity contribution >= 4 is 31.4 Å². The normalized spacial score (nSPS) is 12.6. The molecule has 5 nitrogen and oxygen atoms in total. The molecule has 0 atom stereocenters. The van der Waals surface area contributed by atoms with Gasteiger partial charge in [-0.1, -0.05) is 18.0 Å². The van der Waals surface area contributed by atoms with E-state index in [1.54, 1.807) is 14.0 Å². The number of carbonyl (C=O) groups is 1. The van der Waals surface area contributed by atoms with Crippen molar-refractivity contribution in [3.8, 4) is 0 Å². The van der Waals surface area contributed by atoms with Gasteiger partial charge in [-0.25, -0.2) is 4.79 Å². The van der Waals surface area contributed by atoms with Crippen LogP contribution in [0.2, 0.25) is 32.2 Å². The maximum Gasteiger partial charge on any atom is 0.480 e. The highest BCUT2D eigenvalue weighted by molar-refractivity contribution is 6.89. The van der Waals surface area contributed by atoms with E-state index in [2.05, 4.69) is 19.7 Å². The van der Waals surface area contributed by atoms with E-state index < -0.39 is 25.4 Å². The maximum atomic E-state index is 11.5. The quantitative estimate of drug-likeness (QED) is 0.219. The van der Waals surface area contributed by atoms with Crippen molar-refractivity contribution in [2.24, 2.45) is 0 Å². The molecule has 0 fully saturated rings. The summed E-state index contributed by atoms with van der Waals surface area (Å²) < 4.78 is 23.7. The Hall–Kier alpha value is -0.779. The van der Waals surface area contributed by atoms with Gasteiger partial charge < -0.3 is 17.4 Å². The molecule has 0 aliphatic heterocycles. The highest BCUT2D eigenvalue weighted by Gasteiger charge is 2.47. The molecule has 0 spiro atoms. The van der Waals surface area contributed by atoms with E-state index >= 15 is 0 Å². The Morgan fingerprint density at radius 1 is 1.04 bits per heavy atom. The number of rotatable bonds is 12. The zero-order valence-electron chi connectivity index (χ0n) is 15.9. The first-order valence-corrected chi connectivity index (χ1v) is 15.9. The van der Waals surface area contributed by atoms with E-state index in [9.17, 15) is 4.79 Å². The van der Waals surface area contributed by atoms with Crippen LogP contribution in [0.5, 0.6) is 0 Å². The molecule has 0 aromatic rings. The van der Waals surface area contributed by atoms with Gasteiger partial charge in [0.1, 0.15) is 0 Å². The van der Waals surface area contributed by atoms with Gasteiger partial charge in [0.25, 0.3) is 0 Å². The molecule has 0 aromatic carbocycles. The zero-order valence-corrected chi connectivity index (χ0v) is 18.9. The Labute approximate surface area is 150 Å². The third kappa shape index (κ3) is 8.36. The Morgan fingerprint density at radius 2 is 1.50 bits per heavy atom. The first kappa shape index (κ1) is 23.2. The lowest BCUT2D eigenvalue weighted by atomic mass is 10.4. The summed E-state index contributed by atoms with van der Waals surface area (Å²) in [4.78, 5) is 11.5. The molecular weight excluding hydrogens is 356 g/mol. The van der Waals surface area contributed by atoms with Crippen molar-refractivity contribution in [2.75, 3.05) is 13.7 Å². The van der Waals surface area contributed by atoms with Crippen molar-refractivity contribution in [2.45, 2.75) is 45.6 Å². The molecule has 0 N–H and O–H groups in total. The molecule has 0 radical (unpaired) electrons. The second-order valence-corrected chi connectivity index (χ2v) is 17.9. The maximum absolute atomic E-state index is 11.5. The summed E-state index contributed by atoms with van der Waals surface area (Å²) in [7, 11) is -5.50. The van der Waals surface area contributed by atoms with E-state index in [1.165, 1.54) is 0 Å². The predicted molar refractivity (Wildman–Crippen MR) is 105 cm³/mol. The van der Waals surface area contributed by atoms with E-state index in [-0.39, 0.29) is 12.6 Å². The Balaban J connectivity index is 5.09. The van der Waals surface area contributed by atoms with Gasteiger partial charge in [0, 0.05) is 18.7 Å². The molecule has 0 aliphatic carbocycles. The zero-order chi connectivity index (χ0) is 19.0. The fourth-order valence-electron chi connectivity index (χ4n) is 1.77. The van der Waals surface area contributed by atoms with E-state index in [0.717, 1.165) is 0 Å². The van der Waals surface area contributed by atoms with Gasteiger partial charge in [-0.15, -0.1) is 13.2 Å². The minimum Gasteiger partial charge on any atom is -0.462 e. The molecule has 0 rings (SSSR count). The summed E-state index contributed by atoms with van der Waals surface area (Å²) >= 11 is 0. The SMILES string of the molecule is C=C[Si](C)(C)O[Si](CCCOC(=O)C(=C)C)(OC)O[Si](C)(C)C=C. The number of hydrogen-bond acceptors (Lipinski definition) is 5. The molecule has 0 bridgehead atoms. The van der Waals surface area contributed by atoms with Crippen LogP contribution in [-0.2, 0) is 22.2 Å². The predicted octanol–water partition coefficient (Wildman–Crippen LogP) is 3.97. The van der Waals surface area contributed by atoms with Gasteiger partial charge in [0.15, 0.2) is 0 Å². The smallest absolute Gasteiger partial charge is 0.462 e. The van der Waals surface area contributed by atoms with Crippen molar-refractivity contribution in [3.05, 3.63) is 36.7 Å². The van der Waals surface area contributed by atoms with Crippen molar-refractivity contribution in [1.29, 1.82) is 0 Å². The van der Waals surface area contributed by atoms with Crippen molar-refractivity contribution in [3.63, 3.8) is 0 Å². The monoisotopic (exact) mass is 388 g/mol. The largest absolute Gasteiger partial charge is 0.480 e. The van der Waals surface area contributed by atoms with Crippen LogP contribution in [0, 0.1) is 0 Å². The Kier molecular flexibility index (Phi) is 9.33. The van der Waals surface area contributed by atoms with E-state index in [0.29, 0.717) is 18.0 Å². The van der Waals surface area contributed by atoms with Gasteiger partial charge >= 0.3 is 14.8 Å². The average Bonchev–Trinajstić information content (AvgIpc) is 2.50. The lowest BCUT2D eigenvalue weighted by molar-refractivity contribution is -0.139. The molecule has 0 heterocycles. The van der Waals surface area contributed by atoms with E-state index in [4.69, 9.17) is 17.4 Å². The van der Waals surface area contributed by atoms with Gasteiger partial charge in [-0.05, 0) is 39.5 Å². The van der Waals surface area contributed by atoms with Crippen molar-refractivity contribution < 1.29 is 22.2 Å². The molecule has 0 amide bonds. The topological polar surface area (TPSA) is 54.0 Å². The second kappa shape index (κ2) is 9.64. The summed E-state index contributed by atoms with van der Waals surface area (Å²) in [6.07, 6.45) is 0.600. The first-order chi connectivity index (χ1) is 10.9. The van der Waals surface area contributed by atoms with Crippen LogP contribution in [0.25, 0.3) is 0 Å². The minimum atomic E-state index is -2.91. The van der Waals surface area contributed by atoms with E-state index in [1.807, 2.05) is 37.6 Å². The molecule has 0 unspecified atom stereocenters. The molecule has 8 heteroatoms. The molecule has 138 valence electrons. The number of carbonyl (C=O) groups excluding carboxylic acids is 1. The van der Waals surface area contributed by atoms with Gasteiger partial charge in [-0.3, -0.25) is 0 Å². The Bertz CT molecular complexity index is 452. The molecule has 24 heavy (non-hydrogen) atoms. The summed E-state index contributed by atoms with van der Waals surface area (Å²) in [6, 6.07) is 0.571. The minimum absolute atomic E-state index is 0.280. The summed E-state index contributed by atoms with van der Waals surface area (Å²) in [6.45, 7) is 21.4. The van der Waals surface area contributed by atoms with Crippen LogP contribution in [0.1, 0.15) is 13.3 Å². The average molecular weight is 389 g/mol. The summed E-state index contributed by atoms with van der Waals surface area (Å²) in [5, 5.41) is 0. The Morgan fingerprint density at radius 3 is 1.83 bits per heavy atom. The number of hydrogen-bond donors (Lipinski definition) is 0. The van der Waals surface area contributed by atoms with Gasteiger partial charge in [0.2, 0.25) is 16.6 Å². The summed E-state index contributed by atoms with van der Waals surface area (Å²) in [5.41, 5.74) is 4.11. The number of ether oxygens (including phenoxy) is 1. The highest BCUT2D eigenvalue weighted by Crippen LogP contribution is 2.27. The van der Waals surface area contributed by atoms with Gasteiger partial charge in [0.05, 0.1) is 6.61 Å². The van der Waals surface area contributed by atoms with Crippen LogP contribution in [-0.4, -0.2) is 45.1 Å². The molecular formula is C16H32O5Si3.